The molecule has 3 rings (SSSR count). The van der Waals surface area contributed by atoms with Gasteiger partial charge in [0, 0.05) is 19.2 Å². The summed E-state index contributed by atoms with van der Waals surface area (Å²) in [4.78, 5) is 22.4. The van der Waals surface area contributed by atoms with Crippen molar-refractivity contribution in [2.45, 2.75) is 25.8 Å². The Hall–Kier alpha value is -1.40. The highest BCUT2D eigenvalue weighted by Gasteiger charge is 2.43. The molecule has 2 fully saturated rings. The third-order valence-electron chi connectivity index (χ3n) is 4.30. The van der Waals surface area contributed by atoms with E-state index in [-0.39, 0.29) is 23.7 Å². The van der Waals surface area contributed by atoms with Crippen LogP contribution in [0.5, 0.6) is 6.01 Å². The molecule has 2 saturated heterocycles. The van der Waals surface area contributed by atoms with Gasteiger partial charge >= 0.3 is 6.01 Å². The van der Waals surface area contributed by atoms with Crippen molar-refractivity contribution in [1.29, 1.82) is 0 Å². The summed E-state index contributed by atoms with van der Waals surface area (Å²) in [6, 6.07) is 2.19. The van der Waals surface area contributed by atoms with E-state index >= 15 is 0 Å². The number of piperidine rings is 1. The molecule has 0 bridgehead atoms. The molecule has 1 spiro atoms. The van der Waals surface area contributed by atoms with Gasteiger partial charge < -0.3 is 15.0 Å². The minimum atomic E-state index is 0. The van der Waals surface area contributed by atoms with E-state index in [1.807, 2.05) is 11.0 Å². The Labute approximate surface area is 130 Å². The molecule has 1 N–H and O–H groups in total. The number of amides is 1. The van der Waals surface area contributed by atoms with E-state index in [0.29, 0.717) is 19.0 Å². The third-order valence-corrected chi connectivity index (χ3v) is 4.30. The Kier molecular flexibility index (Phi) is 5.00. The van der Waals surface area contributed by atoms with Crippen LogP contribution < -0.4 is 10.1 Å². The smallest absolute Gasteiger partial charge is 0.316 e. The standard InChI is InChI=1S/C14H20N4O2.ClH/c1-20-13-16-5-2-11(17-13)9-18-10-14(8-12(18)19)3-6-15-7-4-14;/h2,5,15H,3-4,6-10H2,1H3;1H. The first-order chi connectivity index (χ1) is 9.71. The Morgan fingerprint density at radius 1 is 1.43 bits per heavy atom. The number of nitrogens with zero attached hydrogens (tertiary/aromatic N) is 3. The van der Waals surface area contributed by atoms with Crippen LogP contribution in [-0.2, 0) is 11.3 Å². The van der Waals surface area contributed by atoms with E-state index in [4.69, 9.17) is 4.74 Å². The van der Waals surface area contributed by atoms with Crippen molar-refractivity contribution in [2.24, 2.45) is 5.41 Å². The van der Waals surface area contributed by atoms with E-state index in [1.54, 1.807) is 13.3 Å². The summed E-state index contributed by atoms with van der Waals surface area (Å²) in [7, 11) is 1.55. The first-order valence-corrected chi connectivity index (χ1v) is 7.05. The topological polar surface area (TPSA) is 67.3 Å². The Bertz CT molecular complexity index is 506. The lowest BCUT2D eigenvalue weighted by Crippen LogP contribution is -2.38. The monoisotopic (exact) mass is 312 g/mol. The molecule has 0 aliphatic carbocycles. The fourth-order valence-corrected chi connectivity index (χ4v) is 3.18. The van der Waals surface area contributed by atoms with Crippen LogP contribution in [0.25, 0.3) is 0 Å². The number of carbonyl (C=O) groups is 1. The van der Waals surface area contributed by atoms with Crippen molar-refractivity contribution in [1.82, 2.24) is 20.2 Å². The van der Waals surface area contributed by atoms with Crippen LogP contribution in [-0.4, -0.2) is 47.5 Å². The van der Waals surface area contributed by atoms with Gasteiger partial charge in [0.05, 0.1) is 19.3 Å². The van der Waals surface area contributed by atoms with Crippen LogP contribution in [0.4, 0.5) is 0 Å². The average Bonchev–Trinajstić information content (AvgIpc) is 2.75. The minimum Gasteiger partial charge on any atom is -0.467 e. The van der Waals surface area contributed by atoms with Gasteiger partial charge in [0.1, 0.15) is 0 Å². The number of aromatic nitrogens is 2. The average molecular weight is 313 g/mol. The number of halogens is 1. The van der Waals surface area contributed by atoms with Gasteiger partial charge in [0.25, 0.3) is 0 Å². The van der Waals surface area contributed by atoms with Crippen LogP contribution in [0.3, 0.4) is 0 Å². The molecule has 0 unspecified atom stereocenters. The normalized spacial score (nSPS) is 20.4. The van der Waals surface area contributed by atoms with Gasteiger partial charge in [-0.25, -0.2) is 4.98 Å². The maximum Gasteiger partial charge on any atom is 0.316 e. The highest BCUT2D eigenvalue weighted by atomic mass is 35.5. The molecule has 0 atom stereocenters. The number of methoxy groups -OCH3 is 1. The molecule has 1 amide bonds. The molecule has 0 radical (unpaired) electrons. The van der Waals surface area contributed by atoms with Gasteiger partial charge in [-0.1, -0.05) is 0 Å². The zero-order valence-corrected chi connectivity index (χ0v) is 13.0. The predicted molar refractivity (Wildman–Crippen MR) is 80.4 cm³/mol. The molecule has 1 aromatic heterocycles. The van der Waals surface area contributed by atoms with Gasteiger partial charge in [-0.05, 0) is 37.4 Å². The lowest BCUT2D eigenvalue weighted by atomic mass is 9.78. The zero-order valence-electron chi connectivity index (χ0n) is 12.2. The Morgan fingerprint density at radius 2 is 2.19 bits per heavy atom. The van der Waals surface area contributed by atoms with E-state index in [1.165, 1.54) is 0 Å². The van der Waals surface area contributed by atoms with Gasteiger partial charge in [0.15, 0.2) is 0 Å². The van der Waals surface area contributed by atoms with E-state index in [9.17, 15) is 4.79 Å². The summed E-state index contributed by atoms with van der Waals surface area (Å²) in [5.74, 6) is 0.240. The van der Waals surface area contributed by atoms with Gasteiger partial charge in [0.2, 0.25) is 5.91 Å². The molecule has 6 nitrogen and oxygen atoms in total. The molecule has 7 heteroatoms. The van der Waals surface area contributed by atoms with Gasteiger partial charge in [-0.2, -0.15) is 4.98 Å². The summed E-state index contributed by atoms with van der Waals surface area (Å²) >= 11 is 0. The summed E-state index contributed by atoms with van der Waals surface area (Å²) in [6.07, 6.45) is 4.52. The second-order valence-corrected chi connectivity index (χ2v) is 5.71. The summed E-state index contributed by atoms with van der Waals surface area (Å²) in [6.45, 7) is 3.43. The number of hydrogen-bond donors (Lipinski definition) is 1. The van der Waals surface area contributed by atoms with Crippen LogP contribution in [0.1, 0.15) is 25.0 Å². The third kappa shape index (κ3) is 3.44. The van der Waals surface area contributed by atoms with Crippen molar-refractivity contribution in [2.75, 3.05) is 26.7 Å². The predicted octanol–water partition coefficient (Wildman–Crippen LogP) is 1.01. The van der Waals surface area contributed by atoms with Crippen LogP contribution in [0, 0.1) is 5.41 Å². The van der Waals surface area contributed by atoms with E-state index in [0.717, 1.165) is 38.2 Å². The molecule has 116 valence electrons. The van der Waals surface area contributed by atoms with Gasteiger partial charge in [-0.3, -0.25) is 4.79 Å². The fraction of sp³-hybridized carbons (Fsp3) is 0.643. The highest BCUT2D eigenvalue weighted by molar-refractivity contribution is 5.85. The number of likely N-dealkylation sites (tertiary alicyclic amines) is 1. The summed E-state index contributed by atoms with van der Waals surface area (Å²) < 4.78 is 5.02. The largest absolute Gasteiger partial charge is 0.467 e. The van der Waals surface area contributed by atoms with Crippen LogP contribution >= 0.6 is 12.4 Å². The van der Waals surface area contributed by atoms with Crippen LogP contribution in [0.15, 0.2) is 12.3 Å². The van der Waals surface area contributed by atoms with Crippen molar-refractivity contribution in [3.05, 3.63) is 18.0 Å². The van der Waals surface area contributed by atoms with E-state index < -0.39 is 0 Å². The number of hydrogen-bond acceptors (Lipinski definition) is 5. The molecular formula is C14H21ClN4O2. The number of nitrogens with one attached hydrogen (secondary N) is 1. The van der Waals surface area contributed by atoms with Crippen molar-refractivity contribution < 1.29 is 9.53 Å². The van der Waals surface area contributed by atoms with Crippen molar-refractivity contribution >= 4 is 18.3 Å². The zero-order chi connectivity index (χ0) is 14.0. The van der Waals surface area contributed by atoms with Crippen molar-refractivity contribution in [3.63, 3.8) is 0 Å². The molecule has 2 aliphatic heterocycles. The van der Waals surface area contributed by atoms with Crippen LogP contribution in [0.2, 0.25) is 0 Å². The lowest BCUT2D eigenvalue weighted by Gasteiger charge is -2.33. The molecule has 2 aliphatic rings. The minimum absolute atomic E-state index is 0. The number of carbonyl (C=O) groups excluding carboxylic acids is 1. The summed E-state index contributed by atoms with van der Waals surface area (Å²) in [5, 5.41) is 3.36. The molecule has 1 aromatic rings. The molecular weight excluding hydrogens is 292 g/mol. The first-order valence-electron chi connectivity index (χ1n) is 7.05. The summed E-state index contributed by atoms with van der Waals surface area (Å²) in [5.41, 5.74) is 1.01. The quantitative estimate of drug-likeness (QED) is 0.902. The Balaban J connectivity index is 0.00000161. The molecule has 3 heterocycles. The first kappa shape index (κ1) is 16.0. The SMILES string of the molecule is COc1nccc(CN2CC3(CCNCC3)CC2=O)n1.Cl. The van der Waals surface area contributed by atoms with Gasteiger partial charge in [-0.15, -0.1) is 12.4 Å². The second kappa shape index (κ2) is 6.58. The highest BCUT2D eigenvalue weighted by Crippen LogP contribution is 2.39. The second-order valence-electron chi connectivity index (χ2n) is 5.71. The van der Waals surface area contributed by atoms with E-state index in [2.05, 4.69) is 15.3 Å². The van der Waals surface area contributed by atoms with Crippen molar-refractivity contribution in [3.8, 4) is 6.01 Å². The molecule has 0 saturated carbocycles. The molecule has 21 heavy (non-hydrogen) atoms. The maximum absolute atomic E-state index is 12.2. The number of ether oxygens (including phenoxy) is 1. The fourth-order valence-electron chi connectivity index (χ4n) is 3.18. The lowest BCUT2D eigenvalue weighted by molar-refractivity contribution is -0.128. The number of rotatable bonds is 3. The Morgan fingerprint density at radius 3 is 2.90 bits per heavy atom. The molecule has 0 aromatic carbocycles. The maximum atomic E-state index is 12.2.